The van der Waals surface area contributed by atoms with Gasteiger partial charge >= 0.3 is 0 Å². The molecule has 0 atom stereocenters. The number of benzene rings is 2. The van der Waals surface area contributed by atoms with Crippen LogP contribution in [0.3, 0.4) is 0 Å². The zero-order valence-electron chi connectivity index (χ0n) is 17.1. The molecule has 6 heteroatoms. The second kappa shape index (κ2) is 10.3. The van der Waals surface area contributed by atoms with Gasteiger partial charge in [0.05, 0.1) is 6.61 Å². The predicted molar refractivity (Wildman–Crippen MR) is 123 cm³/mol. The highest BCUT2D eigenvalue weighted by Gasteiger charge is 2.16. The van der Waals surface area contributed by atoms with Gasteiger partial charge in [0.2, 0.25) is 0 Å². The molecule has 0 bridgehead atoms. The Hall–Kier alpha value is -2.60. The Bertz CT molecular complexity index is 813. The van der Waals surface area contributed by atoms with Gasteiger partial charge in [-0.25, -0.2) is 0 Å². The van der Waals surface area contributed by atoms with Crippen LogP contribution in [0.1, 0.15) is 43.5 Å². The van der Waals surface area contributed by atoms with E-state index in [1.807, 2.05) is 12.1 Å². The van der Waals surface area contributed by atoms with Gasteiger partial charge < -0.3 is 15.0 Å². The Balaban J connectivity index is 1.50. The number of ether oxygens (including phenoxy) is 1. The molecule has 0 saturated carbocycles. The lowest BCUT2D eigenvalue weighted by Gasteiger charge is -2.32. The van der Waals surface area contributed by atoms with Crippen molar-refractivity contribution in [3.8, 4) is 5.75 Å². The van der Waals surface area contributed by atoms with Gasteiger partial charge in [0.15, 0.2) is 5.11 Å². The summed E-state index contributed by atoms with van der Waals surface area (Å²) >= 11 is 5.29. The molecule has 1 heterocycles. The van der Waals surface area contributed by atoms with Crippen LogP contribution in [0.25, 0.3) is 0 Å². The SMILES string of the molecule is CCCOc1ccc(C(=O)NC(=S)Nc2ccc(N3CCC(C)CC3)cc2)cc1. The summed E-state index contributed by atoms with van der Waals surface area (Å²) in [6.07, 6.45) is 3.42. The molecular weight excluding hydrogens is 382 g/mol. The maximum absolute atomic E-state index is 12.4. The number of carbonyl (C=O) groups excluding carboxylic acids is 1. The van der Waals surface area contributed by atoms with E-state index in [2.05, 4.69) is 41.5 Å². The Labute approximate surface area is 178 Å². The lowest BCUT2D eigenvalue weighted by atomic mass is 9.99. The Kier molecular flexibility index (Phi) is 7.47. The smallest absolute Gasteiger partial charge is 0.257 e. The van der Waals surface area contributed by atoms with Crippen molar-refractivity contribution < 1.29 is 9.53 Å². The minimum absolute atomic E-state index is 0.247. The number of piperidine rings is 1. The van der Waals surface area contributed by atoms with E-state index >= 15 is 0 Å². The van der Waals surface area contributed by atoms with Crippen LogP contribution >= 0.6 is 12.2 Å². The van der Waals surface area contributed by atoms with E-state index in [4.69, 9.17) is 17.0 Å². The molecule has 1 fully saturated rings. The third-order valence-corrected chi connectivity index (χ3v) is 5.29. The predicted octanol–water partition coefficient (Wildman–Crippen LogP) is 4.84. The van der Waals surface area contributed by atoms with Crippen LogP contribution in [0.5, 0.6) is 5.75 Å². The number of nitrogens with one attached hydrogen (secondary N) is 2. The fourth-order valence-corrected chi connectivity index (χ4v) is 3.49. The minimum atomic E-state index is -0.247. The molecule has 1 aliphatic heterocycles. The molecule has 5 nitrogen and oxygen atoms in total. The second-order valence-corrected chi connectivity index (χ2v) is 7.91. The first-order valence-electron chi connectivity index (χ1n) is 10.3. The first-order chi connectivity index (χ1) is 14.0. The van der Waals surface area contributed by atoms with Crippen molar-refractivity contribution >= 4 is 34.6 Å². The molecule has 29 heavy (non-hydrogen) atoms. The van der Waals surface area contributed by atoms with E-state index in [9.17, 15) is 4.79 Å². The van der Waals surface area contributed by atoms with Crippen LogP contribution in [0.4, 0.5) is 11.4 Å². The number of hydrogen-bond donors (Lipinski definition) is 2. The van der Waals surface area contributed by atoms with Gasteiger partial charge in [0.1, 0.15) is 5.75 Å². The lowest BCUT2D eigenvalue weighted by molar-refractivity contribution is 0.0977. The summed E-state index contributed by atoms with van der Waals surface area (Å²) < 4.78 is 5.54. The van der Waals surface area contributed by atoms with Gasteiger partial charge in [-0.3, -0.25) is 10.1 Å². The normalized spacial score (nSPS) is 14.3. The second-order valence-electron chi connectivity index (χ2n) is 7.50. The number of nitrogens with zero attached hydrogens (tertiary/aromatic N) is 1. The van der Waals surface area contributed by atoms with Crippen molar-refractivity contribution in [3.05, 3.63) is 54.1 Å². The Morgan fingerprint density at radius 3 is 2.38 bits per heavy atom. The standard InChI is InChI=1S/C23H29N3O2S/c1-3-16-28-21-10-4-18(5-11-21)22(27)25-23(29)24-19-6-8-20(9-7-19)26-14-12-17(2)13-15-26/h4-11,17H,3,12-16H2,1-2H3,(H2,24,25,27,29). The summed E-state index contributed by atoms with van der Waals surface area (Å²) in [5.74, 6) is 1.32. The van der Waals surface area contributed by atoms with Crippen molar-refractivity contribution in [2.75, 3.05) is 29.9 Å². The first kappa shape index (κ1) is 21.1. The number of carbonyl (C=O) groups is 1. The molecule has 2 aromatic carbocycles. The van der Waals surface area contributed by atoms with Gasteiger partial charge in [0.25, 0.3) is 5.91 Å². The van der Waals surface area contributed by atoms with Crippen molar-refractivity contribution in [2.45, 2.75) is 33.1 Å². The van der Waals surface area contributed by atoms with E-state index in [0.717, 1.165) is 36.9 Å². The van der Waals surface area contributed by atoms with Gasteiger partial charge in [-0.1, -0.05) is 13.8 Å². The maximum Gasteiger partial charge on any atom is 0.257 e. The van der Waals surface area contributed by atoms with Gasteiger partial charge in [-0.15, -0.1) is 0 Å². The van der Waals surface area contributed by atoms with Crippen molar-refractivity contribution in [3.63, 3.8) is 0 Å². The third kappa shape index (κ3) is 6.19. The lowest BCUT2D eigenvalue weighted by Crippen LogP contribution is -2.34. The molecule has 0 radical (unpaired) electrons. The first-order valence-corrected chi connectivity index (χ1v) is 10.7. The summed E-state index contributed by atoms with van der Waals surface area (Å²) in [4.78, 5) is 14.8. The molecule has 0 unspecified atom stereocenters. The molecular formula is C23H29N3O2S. The highest BCUT2D eigenvalue weighted by atomic mass is 32.1. The van der Waals surface area contributed by atoms with E-state index in [1.54, 1.807) is 24.3 Å². The maximum atomic E-state index is 12.4. The van der Waals surface area contributed by atoms with Crippen LogP contribution in [-0.2, 0) is 0 Å². The molecule has 3 rings (SSSR count). The fraction of sp³-hybridized carbons (Fsp3) is 0.391. The molecule has 0 aliphatic carbocycles. The summed E-state index contributed by atoms with van der Waals surface area (Å²) in [6, 6.07) is 15.2. The topological polar surface area (TPSA) is 53.6 Å². The largest absolute Gasteiger partial charge is 0.494 e. The van der Waals surface area contributed by atoms with E-state index < -0.39 is 0 Å². The summed E-state index contributed by atoms with van der Waals surface area (Å²) in [7, 11) is 0. The number of amides is 1. The fourth-order valence-electron chi connectivity index (χ4n) is 3.28. The van der Waals surface area contributed by atoms with E-state index in [-0.39, 0.29) is 11.0 Å². The summed E-state index contributed by atoms with van der Waals surface area (Å²) in [5.41, 5.74) is 2.61. The van der Waals surface area contributed by atoms with Gasteiger partial charge in [0, 0.05) is 30.0 Å². The highest BCUT2D eigenvalue weighted by Crippen LogP contribution is 2.24. The molecule has 2 N–H and O–H groups in total. The number of anilines is 2. The van der Waals surface area contributed by atoms with Crippen molar-refractivity contribution in [1.82, 2.24) is 5.32 Å². The zero-order valence-corrected chi connectivity index (χ0v) is 17.9. The van der Waals surface area contributed by atoms with E-state index in [1.165, 1.54) is 18.5 Å². The average Bonchev–Trinajstić information content (AvgIpc) is 2.73. The third-order valence-electron chi connectivity index (χ3n) is 5.09. The summed E-state index contributed by atoms with van der Waals surface area (Å²) in [5, 5.41) is 6.07. The monoisotopic (exact) mass is 411 g/mol. The molecule has 1 amide bonds. The number of thiocarbonyl (C=S) groups is 1. The average molecular weight is 412 g/mol. The highest BCUT2D eigenvalue weighted by molar-refractivity contribution is 7.80. The van der Waals surface area contributed by atoms with Crippen molar-refractivity contribution in [2.24, 2.45) is 5.92 Å². The number of rotatable bonds is 6. The molecule has 154 valence electrons. The van der Waals surface area contributed by atoms with Crippen LogP contribution < -0.4 is 20.3 Å². The van der Waals surface area contributed by atoms with Crippen molar-refractivity contribution in [1.29, 1.82) is 0 Å². The molecule has 1 aliphatic rings. The van der Waals surface area contributed by atoms with Crippen LogP contribution in [0, 0.1) is 5.92 Å². The molecule has 0 spiro atoms. The van der Waals surface area contributed by atoms with E-state index in [0.29, 0.717) is 12.2 Å². The minimum Gasteiger partial charge on any atom is -0.494 e. The van der Waals surface area contributed by atoms with Crippen LogP contribution in [0.2, 0.25) is 0 Å². The van der Waals surface area contributed by atoms with Gasteiger partial charge in [-0.05, 0) is 85.9 Å². The van der Waals surface area contributed by atoms with Crippen LogP contribution in [0.15, 0.2) is 48.5 Å². The Morgan fingerprint density at radius 2 is 1.76 bits per heavy atom. The quantitative estimate of drug-likeness (QED) is 0.666. The number of hydrogen-bond acceptors (Lipinski definition) is 4. The molecule has 1 saturated heterocycles. The summed E-state index contributed by atoms with van der Waals surface area (Å²) in [6.45, 7) is 7.23. The van der Waals surface area contributed by atoms with Crippen LogP contribution in [-0.4, -0.2) is 30.7 Å². The molecule has 0 aromatic heterocycles. The zero-order chi connectivity index (χ0) is 20.6. The molecule has 2 aromatic rings. The van der Waals surface area contributed by atoms with Gasteiger partial charge in [-0.2, -0.15) is 0 Å². The Morgan fingerprint density at radius 1 is 1.10 bits per heavy atom.